The van der Waals surface area contributed by atoms with Crippen LogP contribution in [0.3, 0.4) is 0 Å². The first kappa shape index (κ1) is 24.4. The fourth-order valence-corrected chi connectivity index (χ4v) is 6.62. The lowest BCUT2D eigenvalue weighted by molar-refractivity contribution is -0.126. The Labute approximate surface area is 190 Å². The number of sulfonamides is 1. The van der Waals surface area contributed by atoms with Gasteiger partial charge in [0.15, 0.2) is 0 Å². The number of carbonyl (C=O) groups excluding carboxylic acids is 1. The van der Waals surface area contributed by atoms with Gasteiger partial charge in [-0.15, -0.1) is 0 Å². The van der Waals surface area contributed by atoms with Crippen molar-refractivity contribution in [2.75, 3.05) is 32.7 Å². The van der Waals surface area contributed by atoms with E-state index in [4.69, 9.17) is 11.6 Å². The SMILES string of the molecule is CC1CC(C)CN(CC(C)NC(=O)C2CCN(S(=O)(=O)c3ccc(F)c(Cl)c3)CC2)C1. The summed E-state index contributed by atoms with van der Waals surface area (Å²) in [6.07, 6.45) is 2.18. The van der Waals surface area contributed by atoms with Crippen molar-refractivity contribution in [2.24, 2.45) is 17.8 Å². The molecule has 0 spiro atoms. The second kappa shape index (κ2) is 10.1. The highest BCUT2D eigenvalue weighted by atomic mass is 35.5. The number of hydrogen-bond acceptors (Lipinski definition) is 4. The summed E-state index contributed by atoms with van der Waals surface area (Å²) in [6, 6.07) is 3.46. The molecule has 2 fully saturated rings. The number of benzene rings is 1. The number of hydrogen-bond donors (Lipinski definition) is 1. The van der Waals surface area contributed by atoms with Gasteiger partial charge in [-0.1, -0.05) is 25.4 Å². The van der Waals surface area contributed by atoms with Crippen molar-refractivity contribution in [1.29, 1.82) is 0 Å². The van der Waals surface area contributed by atoms with E-state index in [1.807, 2.05) is 6.92 Å². The Kier molecular flexibility index (Phi) is 8.00. The van der Waals surface area contributed by atoms with Crippen molar-refractivity contribution in [3.8, 4) is 0 Å². The van der Waals surface area contributed by atoms with Crippen LogP contribution in [0.25, 0.3) is 0 Å². The average Bonchev–Trinajstić information content (AvgIpc) is 2.69. The Hall–Kier alpha value is -1.22. The minimum atomic E-state index is -3.76. The number of rotatable bonds is 6. The van der Waals surface area contributed by atoms with Crippen molar-refractivity contribution in [1.82, 2.24) is 14.5 Å². The van der Waals surface area contributed by atoms with Gasteiger partial charge in [0, 0.05) is 44.7 Å². The van der Waals surface area contributed by atoms with Crippen molar-refractivity contribution < 1.29 is 17.6 Å². The molecule has 6 nitrogen and oxygen atoms in total. The highest BCUT2D eigenvalue weighted by Crippen LogP contribution is 2.27. The summed E-state index contributed by atoms with van der Waals surface area (Å²) < 4.78 is 40.4. The Balaban J connectivity index is 1.50. The summed E-state index contributed by atoms with van der Waals surface area (Å²) in [5.74, 6) is 0.485. The van der Waals surface area contributed by atoms with Crippen LogP contribution in [0.5, 0.6) is 0 Å². The van der Waals surface area contributed by atoms with Gasteiger partial charge in [-0.25, -0.2) is 12.8 Å². The third-order valence-corrected chi connectivity index (χ3v) is 8.40. The third-order valence-electron chi connectivity index (χ3n) is 6.22. The molecule has 9 heteroatoms. The van der Waals surface area contributed by atoms with Crippen LogP contribution in [0, 0.1) is 23.6 Å². The molecular weight excluding hydrogens is 441 g/mol. The van der Waals surface area contributed by atoms with Crippen LogP contribution in [-0.4, -0.2) is 62.3 Å². The fourth-order valence-electron chi connectivity index (χ4n) is 4.88. The van der Waals surface area contributed by atoms with Crippen LogP contribution in [0.2, 0.25) is 5.02 Å². The number of likely N-dealkylation sites (tertiary alicyclic amines) is 1. The first-order valence-electron chi connectivity index (χ1n) is 11.0. The van der Waals surface area contributed by atoms with Gasteiger partial charge in [0.05, 0.1) is 9.92 Å². The molecule has 2 aliphatic rings. The lowest BCUT2D eigenvalue weighted by Crippen LogP contribution is -2.49. The maximum atomic E-state index is 13.4. The zero-order valence-corrected chi connectivity index (χ0v) is 20.1. The molecule has 0 saturated carbocycles. The van der Waals surface area contributed by atoms with Crippen LogP contribution in [0.1, 0.15) is 40.0 Å². The van der Waals surface area contributed by atoms with E-state index in [1.54, 1.807) is 0 Å². The van der Waals surface area contributed by atoms with Gasteiger partial charge in [-0.3, -0.25) is 4.79 Å². The summed E-state index contributed by atoms with van der Waals surface area (Å²) >= 11 is 5.74. The maximum absolute atomic E-state index is 13.4. The molecule has 2 saturated heterocycles. The van der Waals surface area contributed by atoms with Crippen LogP contribution < -0.4 is 5.32 Å². The number of halogens is 2. The summed E-state index contributed by atoms with van der Waals surface area (Å²) in [7, 11) is -3.76. The summed E-state index contributed by atoms with van der Waals surface area (Å²) in [5, 5.41) is 2.90. The minimum absolute atomic E-state index is 0.00696. The number of amides is 1. The highest BCUT2D eigenvalue weighted by Gasteiger charge is 2.33. The zero-order chi connectivity index (χ0) is 22.8. The molecule has 1 aromatic rings. The molecule has 31 heavy (non-hydrogen) atoms. The molecule has 0 aromatic heterocycles. The monoisotopic (exact) mass is 473 g/mol. The second-order valence-corrected chi connectivity index (χ2v) is 11.7. The standard InChI is InChI=1S/C22H33ClFN3O3S/c1-15-10-16(2)13-26(12-15)14-17(3)25-22(28)18-6-8-27(9-7-18)31(29,30)19-4-5-21(24)20(23)11-19/h4-5,11,15-18H,6-10,12-14H2,1-3H3,(H,25,28). The van der Waals surface area contributed by atoms with Gasteiger partial charge in [-0.05, 0) is 56.2 Å². The quantitative estimate of drug-likeness (QED) is 0.687. The lowest BCUT2D eigenvalue weighted by Gasteiger charge is -2.37. The number of piperidine rings is 2. The number of nitrogens with zero attached hydrogens (tertiary/aromatic N) is 2. The van der Waals surface area contributed by atoms with E-state index in [2.05, 4.69) is 24.1 Å². The van der Waals surface area contributed by atoms with Crippen LogP contribution in [-0.2, 0) is 14.8 Å². The van der Waals surface area contributed by atoms with E-state index in [0.717, 1.165) is 31.8 Å². The van der Waals surface area contributed by atoms with Gasteiger partial charge in [0.2, 0.25) is 15.9 Å². The zero-order valence-electron chi connectivity index (χ0n) is 18.5. The molecule has 0 aliphatic carbocycles. The molecule has 0 radical (unpaired) electrons. The topological polar surface area (TPSA) is 69.7 Å². The maximum Gasteiger partial charge on any atom is 0.243 e. The van der Waals surface area contributed by atoms with Gasteiger partial charge < -0.3 is 10.2 Å². The van der Waals surface area contributed by atoms with E-state index in [-0.39, 0.29) is 40.9 Å². The van der Waals surface area contributed by atoms with E-state index in [0.29, 0.717) is 24.7 Å². The van der Waals surface area contributed by atoms with E-state index in [9.17, 15) is 17.6 Å². The minimum Gasteiger partial charge on any atom is -0.352 e. The van der Waals surface area contributed by atoms with Crippen LogP contribution in [0.15, 0.2) is 23.1 Å². The fraction of sp³-hybridized carbons (Fsp3) is 0.682. The Morgan fingerprint density at radius 1 is 1.23 bits per heavy atom. The molecule has 1 amide bonds. The van der Waals surface area contributed by atoms with Crippen LogP contribution >= 0.6 is 11.6 Å². The van der Waals surface area contributed by atoms with Gasteiger partial charge in [0.1, 0.15) is 5.82 Å². The lowest BCUT2D eigenvalue weighted by atomic mass is 9.91. The number of carbonyl (C=O) groups is 1. The van der Waals surface area contributed by atoms with Crippen molar-refractivity contribution in [3.05, 3.63) is 29.0 Å². The van der Waals surface area contributed by atoms with E-state index < -0.39 is 15.8 Å². The Morgan fingerprint density at radius 3 is 2.42 bits per heavy atom. The molecule has 2 heterocycles. The highest BCUT2D eigenvalue weighted by molar-refractivity contribution is 7.89. The molecule has 0 bridgehead atoms. The van der Waals surface area contributed by atoms with Gasteiger partial charge in [0.25, 0.3) is 0 Å². The Bertz CT molecular complexity index is 880. The van der Waals surface area contributed by atoms with Crippen molar-refractivity contribution in [3.63, 3.8) is 0 Å². The molecular formula is C22H33ClFN3O3S. The van der Waals surface area contributed by atoms with Crippen LogP contribution in [0.4, 0.5) is 4.39 Å². The molecule has 3 unspecified atom stereocenters. The predicted octanol–water partition coefficient (Wildman–Crippen LogP) is 3.36. The molecule has 1 N–H and O–H groups in total. The second-order valence-electron chi connectivity index (χ2n) is 9.33. The summed E-state index contributed by atoms with van der Waals surface area (Å²) in [6.45, 7) is 10.0. The van der Waals surface area contributed by atoms with E-state index >= 15 is 0 Å². The van der Waals surface area contributed by atoms with Crippen molar-refractivity contribution >= 4 is 27.5 Å². The normalized spacial score (nSPS) is 25.3. The predicted molar refractivity (Wildman–Crippen MR) is 120 cm³/mol. The molecule has 1 aromatic carbocycles. The third kappa shape index (κ3) is 6.18. The first-order valence-corrected chi connectivity index (χ1v) is 12.9. The summed E-state index contributed by atoms with van der Waals surface area (Å²) in [4.78, 5) is 15.1. The molecule has 174 valence electrons. The van der Waals surface area contributed by atoms with E-state index in [1.165, 1.54) is 16.8 Å². The first-order chi connectivity index (χ1) is 14.6. The number of nitrogens with one attached hydrogen (secondary N) is 1. The van der Waals surface area contributed by atoms with Gasteiger partial charge in [-0.2, -0.15) is 4.31 Å². The smallest absolute Gasteiger partial charge is 0.243 e. The molecule has 2 aliphatic heterocycles. The molecule has 3 rings (SSSR count). The Morgan fingerprint density at radius 2 is 1.84 bits per heavy atom. The molecule has 3 atom stereocenters. The van der Waals surface area contributed by atoms with Gasteiger partial charge >= 0.3 is 0 Å². The average molecular weight is 474 g/mol. The largest absolute Gasteiger partial charge is 0.352 e. The van der Waals surface area contributed by atoms with Crippen molar-refractivity contribution in [2.45, 2.75) is 51.0 Å². The summed E-state index contributed by atoms with van der Waals surface area (Å²) in [5.41, 5.74) is 0.